The largest absolute Gasteiger partial charge is 0.375 e. The standard InChI is InChI=1S/C14H24N2O3/c1-5-14(4)13(18)16(7-6-12(17)15-14)8-9-19-10-11(2)3/h2,5-10H2,1,3-4H3,(H,15,17). The highest BCUT2D eigenvalue weighted by atomic mass is 16.5. The molecule has 0 aromatic carbocycles. The van der Waals surface area contributed by atoms with Crippen molar-refractivity contribution in [3.8, 4) is 0 Å². The fourth-order valence-electron chi connectivity index (χ4n) is 1.98. The van der Waals surface area contributed by atoms with Crippen molar-refractivity contribution in [2.75, 3.05) is 26.3 Å². The van der Waals surface area contributed by atoms with Crippen LogP contribution in [0.15, 0.2) is 12.2 Å². The third-order valence-electron chi connectivity index (χ3n) is 3.34. The first-order chi connectivity index (χ1) is 8.89. The molecule has 1 N–H and O–H groups in total. The molecule has 0 saturated carbocycles. The van der Waals surface area contributed by atoms with E-state index in [1.807, 2.05) is 13.8 Å². The lowest BCUT2D eigenvalue weighted by atomic mass is 9.97. The number of nitrogens with one attached hydrogen (secondary N) is 1. The molecule has 0 spiro atoms. The monoisotopic (exact) mass is 268 g/mol. The maximum Gasteiger partial charge on any atom is 0.248 e. The van der Waals surface area contributed by atoms with E-state index >= 15 is 0 Å². The van der Waals surface area contributed by atoms with E-state index < -0.39 is 5.54 Å². The average molecular weight is 268 g/mol. The summed E-state index contributed by atoms with van der Waals surface area (Å²) in [5.74, 6) is -0.0946. The number of amides is 2. The Hall–Kier alpha value is -1.36. The van der Waals surface area contributed by atoms with Crippen molar-refractivity contribution in [1.29, 1.82) is 0 Å². The topological polar surface area (TPSA) is 58.6 Å². The minimum absolute atomic E-state index is 0.0280. The maximum atomic E-state index is 12.4. The van der Waals surface area contributed by atoms with Gasteiger partial charge in [-0.05, 0) is 20.3 Å². The highest BCUT2D eigenvalue weighted by Gasteiger charge is 2.38. The minimum Gasteiger partial charge on any atom is -0.375 e. The first-order valence-electron chi connectivity index (χ1n) is 6.71. The van der Waals surface area contributed by atoms with Gasteiger partial charge in [0, 0.05) is 19.5 Å². The Balaban J connectivity index is 2.59. The summed E-state index contributed by atoms with van der Waals surface area (Å²) >= 11 is 0. The summed E-state index contributed by atoms with van der Waals surface area (Å²) in [6.45, 7) is 11.3. The van der Waals surface area contributed by atoms with Gasteiger partial charge in [0.25, 0.3) is 0 Å². The fourth-order valence-corrected chi connectivity index (χ4v) is 1.98. The number of nitrogens with zero attached hydrogens (tertiary/aromatic N) is 1. The lowest BCUT2D eigenvalue weighted by Crippen LogP contribution is -2.55. The summed E-state index contributed by atoms with van der Waals surface area (Å²) in [5, 5.41) is 2.81. The summed E-state index contributed by atoms with van der Waals surface area (Å²) in [7, 11) is 0. The molecule has 1 aliphatic rings. The van der Waals surface area contributed by atoms with Gasteiger partial charge in [-0.15, -0.1) is 0 Å². The van der Waals surface area contributed by atoms with E-state index in [0.717, 1.165) is 5.57 Å². The molecule has 1 rings (SSSR count). The summed E-state index contributed by atoms with van der Waals surface area (Å²) in [6.07, 6.45) is 0.933. The molecule has 1 fully saturated rings. The molecule has 0 aliphatic carbocycles. The zero-order chi connectivity index (χ0) is 14.5. The molecule has 19 heavy (non-hydrogen) atoms. The lowest BCUT2D eigenvalue weighted by molar-refractivity contribution is -0.138. The Morgan fingerprint density at radius 3 is 2.79 bits per heavy atom. The first-order valence-corrected chi connectivity index (χ1v) is 6.71. The van der Waals surface area contributed by atoms with Crippen molar-refractivity contribution < 1.29 is 14.3 Å². The molecule has 2 amide bonds. The van der Waals surface area contributed by atoms with E-state index in [-0.39, 0.29) is 11.8 Å². The van der Waals surface area contributed by atoms with Crippen LogP contribution in [0.2, 0.25) is 0 Å². The number of hydrogen-bond donors (Lipinski definition) is 1. The van der Waals surface area contributed by atoms with Crippen LogP contribution in [-0.4, -0.2) is 48.6 Å². The molecule has 0 radical (unpaired) electrons. The van der Waals surface area contributed by atoms with Crippen LogP contribution in [0.3, 0.4) is 0 Å². The van der Waals surface area contributed by atoms with Crippen LogP contribution in [0.25, 0.3) is 0 Å². The molecular formula is C14H24N2O3. The Morgan fingerprint density at radius 2 is 2.21 bits per heavy atom. The third-order valence-corrected chi connectivity index (χ3v) is 3.34. The molecule has 5 nitrogen and oxygen atoms in total. The van der Waals surface area contributed by atoms with Crippen LogP contribution in [0.4, 0.5) is 0 Å². The molecule has 1 atom stereocenters. The second-order valence-electron chi connectivity index (χ2n) is 5.29. The normalized spacial score (nSPS) is 24.1. The summed E-state index contributed by atoms with van der Waals surface area (Å²) < 4.78 is 5.42. The molecule has 0 aromatic heterocycles. The Labute approximate surface area is 115 Å². The molecule has 0 bridgehead atoms. The Kier molecular flexibility index (Phi) is 5.54. The van der Waals surface area contributed by atoms with Crippen LogP contribution in [0.1, 0.15) is 33.6 Å². The second kappa shape index (κ2) is 6.70. The Morgan fingerprint density at radius 1 is 1.53 bits per heavy atom. The number of carbonyl (C=O) groups is 2. The lowest BCUT2D eigenvalue weighted by Gasteiger charge is -2.31. The smallest absolute Gasteiger partial charge is 0.248 e. The van der Waals surface area contributed by atoms with Gasteiger partial charge in [-0.25, -0.2) is 0 Å². The van der Waals surface area contributed by atoms with Gasteiger partial charge in [-0.1, -0.05) is 19.1 Å². The van der Waals surface area contributed by atoms with E-state index in [4.69, 9.17) is 4.74 Å². The van der Waals surface area contributed by atoms with Gasteiger partial charge in [0.15, 0.2) is 0 Å². The predicted octanol–water partition coefficient (Wildman–Crippen LogP) is 1.10. The number of rotatable bonds is 6. The van der Waals surface area contributed by atoms with E-state index in [2.05, 4.69) is 11.9 Å². The molecular weight excluding hydrogens is 244 g/mol. The molecule has 108 valence electrons. The predicted molar refractivity (Wildman–Crippen MR) is 73.7 cm³/mol. The first kappa shape index (κ1) is 15.7. The van der Waals surface area contributed by atoms with Crippen LogP contribution in [0, 0.1) is 0 Å². The summed E-state index contributed by atoms with van der Waals surface area (Å²) in [4.78, 5) is 25.8. The molecule has 1 aliphatic heterocycles. The SMILES string of the molecule is C=C(C)COCCN1CCC(=O)NC(C)(CC)C1=O. The average Bonchev–Trinajstić information content (AvgIpc) is 2.45. The molecule has 5 heteroatoms. The number of ether oxygens (including phenoxy) is 1. The maximum absolute atomic E-state index is 12.4. The van der Waals surface area contributed by atoms with Crippen molar-refractivity contribution in [3.63, 3.8) is 0 Å². The second-order valence-corrected chi connectivity index (χ2v) is 5.29. The molecule has 0 aromatic rings. The van der Waals surface area contributed by atoms with Crippen molar-refractivity contribution >= 4 is 11.8 Å². The fraction of sp³-hybridized carbons (Fsp3) is 0.714. The van der Waals surface area contributed by atoms with Crippen molar-refractivity contribution in [3.05, 3.63) is 12.2 Å². The van der Waals surface area contributed by atoms with Gasteiger partial charge in [0.1, 0.15) is 5.54 Å². The Bertz CT molecular complexity index is 368. The van der Waals surface area contributed by atoms with Crippen LogP contribution in [0.5, 0.6) is 0 Å². The van der Waals surface area contributed by atoms with Gasteiger partial charge in [0.05, 0.1) is 13.2 Å². The van der Waals surface area contributed by atoms with Gasteiger partial charge in [-0.2, -0.15) is 0 Å². The zero-order valence-corrected chi connectivity index (χ0v) is 12.1. The highest BCUT2D eigenvalue weighted by molar-refractivity contribution is 5.93. The van der Waals surface area contributed by atoms with Crippen LogP contribution >= 0.6 is 0 Å². The van der Waals surface area contributed by atoms with Crippen molar-refractivity contribution in [1.82, 2.24) is 10.2 Å². The molecule has 1 heterocycles. The van der Waals surface area contributed by atoms with E-state index in [1.54, 1.807) is 11.8 Å². The van der Waals surface area contributed by atoms with Gasteiger partial charge >= 0.3 is 0 Å². The highest BCUT2D eigenvalue weighted by Crippen LogP contribution is 2.17. The summed E-state index contributed by atoms with van der Waals surface area (Å²) in [5.41, 5.74) is 0.166. The van der Waals surface area contributed by atoms with Crippen molar-refractivity contribution in [2.45, 2.75) is 39.2 Å². The van der Waals surface area contributed by atoms with Crippen LogP contribution < -0.4 is 5.32 Å². The van der Waals surface area contributed by atoms with Crippen molar-refractivity contribution in [2.24, 2.45) is 0 Å². The van der Waals surface area contributed by atoms with E-state index in [1.165, 1.54) is 0 Å². The van der Waals surface area contributed by atoms with E-state index in [9.17, 15) is 9.59 Å². The zero-order valence-electron chi connectivity index (χ0n) is 12.1. The summed E-state index contributed by atoms with van der Waals surface area (Å²) in [6, 6.07) is 0. The number of carbonyl (C=O) groups excluding carboxylic acids is 2. The van der Waals surface area contributed by atoms with E-state index in [0.29, 0.717) is 39.1 Å². The van der Waals surface area contributed by atoms with Crippen LogP contribution in [-0.2, 0) is 14.3 Å². The molecule has 1 unspecified atom stereocenters. The minimum atomic E-state index is -0.790. The van der Waals surface area contributed by atoms with Gasteiger partial charge in [-0.3, -0.25) is 9.59 Å². The quantitative estimate of drug-likeness (QED) is 0.579. The van der Waals surface area contributed by atoms with Gasteiger partial charge in [0.2, 0.25) is 11.8 Å². The third kappa shape index (κ3) is 4.35. The number of hydrogen-bond acceptors (Lipinski definition) is 3. The molecule has 1 saturated heterocycles. The van der Waals surface area contributed by atoms with Gasteiger partial charge < -0.3 is 15.0 Å².